The molecule has 1 aromatic carbocycles. The highest BCUT2D eigenvalue weighted by Gasteiger charge is 1.99. The van der Waals surface area contributed by atoms with Crippen LogP contribution in [0.1, 0.15) is 12.5 Å². The number of nitrogens with one attached hydrogen (secondary N) is 1. The number of nitrogens with zero attached hydrogens (tertiary/aromatic N) is 1. The van der Waals surface area contributed by atoms with Gasteiger partial charge in [-0.25, -0.2) is 0 Å². The van der Waals surface area contributed by atoms with Crippen LogP contribution in [0.2, 0.25) is 0 Å². The average Bonchev–Trinajstić information content (AvgIpc) is 2.17. The SMILES string of the molecule is C/C(I)=C\C(=N)c1ccc(N(C)C)cc1. The fourth-order valence-corrected chi connectivity index (χ4v) is 1.53. The van der Waals surface area contributed by atoms with Crippen LogP contribution in [0.3, 0.4) is 0 Å². The van der Waals surface area contributed by atoms with Crippen molar-refractivity contribution in [1.82, 2.24) is 0 Å². The molecule has 0 atom stereocenters. The van der Waals surface area contributed by atoms with E-state index < -0.39 is 0 Å². The molecule has 15 heavy (non-hydrogen) atoms. The Bertz CT molecular complexity index is 373. The summed E-state index contributed by atoms with van der Waals surface area (Å²) in [5, 5.41) is 7.84. The Hall–Kier alpha value is -0.840. The molecule has 2 nitrogen and oxygen atoms in total. The molecule has 0 heterocycles. The molecule has 0 bridgehead atoms. The van der Waals surface area contributed by atoms with E-state index in [-0.39, 0.29) is 0 Å². The van der Waals surface area contributed by atoms with E-state index in [4.69, 9.17) is 5.41 Å². The molecular formula is C12H15IN2. The summed E-state index contributed by atoms with van der Waals surface area (Å²) in [6.45, 7) is 1.99. The van der Waals surface area contributed by atoms with Crippen LogP contribution < -0.4 is 4.90 Å². The van der Waals surface area contributed by atoms with Gasteiger partial charge >= 0.3 is 0 Å². The van der Waals surface area contributed by atoms with Crippen LogP contribution in [0, 0.1) is 5.41 Å². The van der Waals surface area contributed by atoms with Crippen molar-refractivity contribution in [3.8, 4) is 0 Å². The summed E-state index contributed by atoms with van der Waals surface area (Å²) in [5.74, 6) is 0. The zero-order valence-corrected chi connectivity index (χ0v) is 11.4. The molecule has 1 rings (SSSR count). The summed E-state index contributed by atoms with van der Waals surface area (Å²) < 4.78 is 1.12. The van der Waals surface area contributed by atoms with Gasteiger partial charge in [-0.15, -0.1) is 0 Å². The Morgan fingerprint density at radius 2 is 1.80 bits per heavy atom. The fraction of sp³-hybridized carbons (Fsp3) is 0.250. The number of hydrogen-bond donors (Lipinski definition) is 1. The maximum absolute atomic E-state index is 7.84. The van der Waals surface area contributed by atoms with Crippen molar-refractivity contribution in [2.45, 2.75) is 6.92 Å². The predicted molar refractivity (Wildman–Crippen MR) is 75.4 cm³/mol. The van der Waals surface area contributed by atoms with Gasteiger partial charge in [0, 0.05) is 19.8 Å². The van der Waals surface area contributed by atoms with Crippen LogP contribution in [-0.2, 0) is 0 Å². The Morgan fingerprint density at radius 1 is 1.27 bits per heavy atom. The molecule has 0 aliphatic carbocycles. The summed E-state index contributed by atoms with van der Waals surface area (Å²) in [5.41, 5.74) is 2.67. The number of anilines is 1. The lowest BCUT2D eigenvalue weighted by Gasteiger charge is -2.12. The van der Waals surface area contributed by atoms with E-state index in [0.29, 0.717) is 5.71 Å². The molecule has 0 unspecified atom stereocenters. The predicted octanol–water partition coefficient (Wildman–Crippen LogP) is 3.46. The first-order chi connectivity index (χ1) is 7.00. The summed E-state index contributed by atoms with van der Waals surface area (Å²) >= 11 is 2.21. The standard InChI is InChI=1S/C12H15IN2/c1-9(13)8-12(14)10-4-6-11(7-5-10)15(2)3/h4-8,14H,1-3H3/b9-8+,14-12?. The molecular weight excluding hydrogens is 299 g/mol. The summed E-state index contributed by atoms with van der Waals surface area (Å²) in [6.07, 6.45) is 1.87. The number of allylic oxidation sites excluding steroid dienone is 2. The van der Waals surface area contributed by atoms with Gasteiger partial charge in [-0.3, -0.25) is 0 Å². The van der Waals surface area contributed by atoms with Gasteiger partial charge < -0.3 is 10.3 Å². The van der Waals surface area contributed by atoms with E-state index >= 15 is 0 Å². The van der Waals surface area contributed by atoms with E-state index in [1.54, 1.807) is 0 Å². The molecule has 0 spiro atoms. The van der Waals surface area contributed by atoms with Gasteiger partial charge in [0.25, 0.3) is 0 Å². The van der Waals surface area contributed by atoms with Gasteiger partial charge in [-0.05, 0) is 56.9 Å². The van der Waals surface area contributed by atoms with Crippen molar-refractivity contribution in [2.24, 2.45) is 0 Å². The lowest BCUT2D eigenvalue weighted by Crippen LogP contribution is -2.08. The Labute approximate surface area is 105 Å². The first kappa shape index (κ1) is 12.2. The number of rotatable bonds is 3. The molecule has 0 aliphatic rings. The minimum atomic E-state index is 0.562. The van der Waals surface area contributed by atoms with Crippen molar-refractivity contribution < 1.29 is 0 Å². The van der Waals surface area contributed by atoms with Crippen molar-refractivity contribution >= 4 is 34.0 Å². The van der Waals surface area contributed by atoms with Crippen LogP contribution in [0.4, 0.5) is 5.69 Å². The first-order valence-corrected chi connectivity index (χ1v) is 5.78. The van der Waals surface area contributed by atoms with E-state index in [9.17, 15) is 0 Å². The first-order valence-electron chi connectivity index (χ1n) is 4.71. The molecule has 0 aliphatic heterocycles. The Morgan fingerprint density at radius 3 is 2.20 bits per heavy atom. The van der Waals surface area contributed by atoms with Gasteiger partial charge in [-0.1, -0.05) is 12.1 Å². The molecule has 0 amide bonds. The van der Waals surface area contributed by atoms with Crippen LogP contribution in [0.5, 0.6) is 0 Å². The lowest BCUT2D eigenvalue weighted by atomic mass is 10.1. The van der Waals surface area contributed by atoms with E-state index in [2.05, 4.69) is 22.6 Å². The lowest BCUT2D eigenvalue weighted by molar-refractivity contribution is 1.13. The van der Waals surface area contributed by atoms with Gasteiger partial charge in [0.2, 0.25) is 0 Å². The molecule has 80 valence electrons. The molecule has 0 saturated heterocycles. The van der Waals surface area contributed by atoms with Crippen molar-refractivity contribution in [1.29, 1.82) is 5.41 Å². The quantitative estimate of drug-likeness (QED) is 0.671. The van der Waals surface area contributed by atoms with E-state index in [1.165, 1.54) is 0 Å². The van der Waals surface area contributed by atoms with Crippen molar-refractivity contribution in [3.05, 3.63) is 39.5 Å². The molecule has 0 aromatic heterocycles. The normalized spacial score (nSPS) is 11.3. The molecule has 3 heteroatoms. The molecule has 0 radical (unpaired) electrons. The largest absolute Gasteiger partial charge is 0.378 e. The molecule has 1 N–H and O–H groups in total. The van der Waals surface area contributed by atoms with E-state index in [1.807, 2.05) is 56.3 Å². The average molecular weight is 314 g/mol. The van der Waals surface area contributed by atoms with Gasteiger partial charge in [0.05, 0.1) is 5.71 Å². The fourth-order valence-electron chi connectivity index (χ4n) is 1.22. The highest BCUT2D eigenvalue weighted by Crippen LogP contribution is 2.14. The van der Waals surface area contributed by atoms with Crippen LogP contribution >= 0.6 is 22.6 Å². The van der Waals surface area contributed by atoms with E-state index in [0.717, 1.165) is 14.8 Å². The third-order valence-electron chi connectivity index (χ3n) is 2.04. The van der Waals surface area contributed by atoms with Crippen molar-refractivity contribution in [2.75, 3.05) is 19.0 Å². The zero-order valence-electron chi connectivity index (χ0n) is 9.21. The monoisotopic (exact) mass is 314 g/mol. The van der Waals surface area contributed by atoms with Gasteiger partial charge in [0.15, 0.2) is 0 Å². The smallest absolute Gasteiger partial charge is 0.0619 e. The van der Waals surface area contributed by atoms with Gasteiger partial charge in [0.1, 0.15) is 0 Å². The minimum Gasteiger partial charge on any atom is -0.378 e. The zero-order chi connectivity index (χ0) is 11.4. The second-order valence-corrected chi connectivity index (χ2v) is 5.29. The van der Waals surface area contributed by atoms with Gasteiger partial charge in [-0.2, -0.15) is 0 Å². The topological polar surface area (TPSA) is 27.1 Å². The Balaban J connectivity index is 2.90. The van der Waals surface area contributed by atoms with Crippen LogP contribution in [-0.4, -0.2) is 19.8 Å². The highest BCUT2D eigenvalue weighted by atomic mass is 127. The minimum absolute atomic E-state index is 0.562. The summed E-state index contributed by atoms with van der Waals surface area (Å²) in [4.78, 5) is 2.05. The maximum Gasteiger partial charge on any atom is 0.0619 e. The number of hydrogen-bond acceptors (Lipinski definition) is 2. The molecule has 0 saturated carbocycles. The maximum atomic E-state index is 7.84. The summed E-state index contributed by atoms with van der Waals surface area (Å²) in [7, 11) is 4.02. The van der Waals surface area contributed by atoms with Crippen molar-refractivity contribution in [3.63, 3.8) is 0 Å². The molecule has 1 aromatic rings. The van der Waals surface area contributed by atoms with Crippen LogP contribution in [0.15, 0.2) is 33.9 Å². The second-order valence-electron chi connectivity index (χ2n) is 3.59. The second kappa shape index (κ2) is 5.30. The highest BCUT2D eigenvalue weighted by molar-refractivity contribution is 14.1. The third-order valence-corrected chi connectivity index (χ3v) is 2.35. The molecule has 0 fully saturated rings. The summed E-state index contributed by atoms with van der Waals surface area (Å²) in [6, 6.07) is 8.02. The Kier molecular flexibility index (Phi) is 4.32. The number of benzene rings is 1. The third kappa shape index (κ3) is 3.66. The van der Waals surface area contributed by atoms with Crippen LogP contribution in [0.25, 0.3) is 0 Å². The number of halogens is 1.